The van der Waals surface area contributed by atoms with Crippen LogP contribution in [0.4, 0.5) is 0 Å². The summed E-state index contributed by atoms with van der Waals surface area (Å²) in [6.07, 6.45) is 2.36. The zero-order valence-electron chi connectivity index (χ0n) is 27.3. The number of rotatable bonds is 26. The Hall–Kier alpha value is -0.700. The van der Waals surface area contributed by atoms with E-state index in [0.717, 1.165) is 57.8 Å². The van der Waals surface area contributed by atoms with Gasteiger partial charge in [0.1, 0.15) is 36.6 Å². The van der Waals surface area contributed by atoms with Crippen LogP contribution in [0.2, 0.25) is 0 Å². The second kappa shape index (κ2) is 23.6. The Bertz CT molecular complexity index is 807. The average Bonchev–Trinajstić information content (AvgIpc) is 3.00. The molecule has 0 aromatic heterocycles. The van der Waals surface area contributed by atoms with E-state index in [9.17, 15) is 50.0 Å². The van der Waals surface area contributed by atoms with Crippen LogP contribution in [0, 0.1) is 0 Å². The van der Waals surface area contributed by atoms with Crippen molar-refractivity contribution in [1.82, 2.24) is 5.32 Å². The van der Waals surface area contributed by atoms with Crippen LogP contribution in [0.25, 0.3) is 0 Å². The number of hydrogen-bond acceptors (Lipinski definition) is 11. The number of unbranched alkanes of at least 4 members (excludes halogenated alkanes) is 13. The summed E-state index contributed by atoms with van der Waals surface area (Å²) < 4.78 is 22.6. The number of phosphoric ester groups is 1. The van der Waals surface area contributed by atoms with Crippen molar-refractivity contribution in [3.8, 4) is 0 Å². The summed E-state index contributed by atoms with van der Waals surface area (Å²) in [4.78, 5) is 23.1. The topological polar surface area (TPSA) is 226 Å². The zero-order valence-corrected chi connectivity index (χ0v) is 28.2. The van der Waals surface area contributed by atoms with Crippen molar-refractivity contribution in [2.24, 2.45) is 0 Å². The molecule has 1 amide bonds. The summed E-state index contributed by atoms with van der Waals surface area (Å²) >= 11 is 0. The molecule has 1 aliphatic carbocycles. The van der Waals surface area contributed by atoms with Crippen molar-refractivity contribution in [2.45, 2.75) is 184 Å². The van der Waals surface area contributed by atoms with Gasteiger partial charge in [-0.15, -0.1) is 0 Å². The van der Waals surface area contributed by atoms with Crippen LogP contribution >= 0.6 is 7.82 Å². The van der Waals surface area contributed by atoms with Gasteiger partial charge >= 0.3 is 7.82 Å². The van der Waals surface area contributed by atoms with Gasteiger partial charge in [-0.3, -0.25) is 13.8 Å². The molecule has 14 heteroatoms. The Morgan fingerprint density at radius 2 is 1.11 bits per heavy atom. The highest BCUT2D eigenvalue weighted by molar-refractivity contribution is 7.47. The molecule has 268 valence electrons. The number of amides is 1. The average molecular weight is 672 g/mol. The molecule has 0 radical (unpaired) electrons. The third kappa shape index (κ3) is 17.3. The van der Waals surface area contributed by atoms with Gasteiger partial charge in [-0.25, -0.2) is 4.57 Å². The maximum absolute atomic E-state index is 12.8. The highest BCUT2D eigenvalue weighted by atomic mass is 31.2. The van der Waals surface area contributed by atoms with Crippen LogP contribution in [0.1, 0.15) is 129 Å². The first-order chi connectivity index (χ1) is 21.3. The molecule has 9 N–H and O–H groups in total. The predicted octanol–water partition coefficient (Wildman–Crippen LogP) is 2.57. The molecule has 1 rings (SSSR count). The number of hydrogen-bond donors (Lipinski definition) is 9. The highest BCUT2D eigenvalue weighted by Gasteiger charge is 2.51. The van der Waals surface area contributed by atoms with Gasteiger partial charge in [0, 0.05) is 0 Å². The number of nitrogens with one attached hydrogen (secondary N) is 1. The fourth-order valence-electron chi connectivity index (χ4n) is 5.54. The van der Waals surface area contributed by atoms with E-state index < -0.39 is 75.2 Å². The summed E-state index contributed by atoms with van der Waals surface area (Å²) in [6, 6.07) is -1.14. The molecule has 45 heavy (non-hydrogen) atoms. The molecule has 0 spiro atoms. The van der Waals surface area contributed by atoms with Crippen molar-refractivity contribution in [2.75, 3.05) is 6.61 Å². The molecule has 8 unspecified atom stereocenters. The molecule has 0 bridgehead atoms. The van der Waals surface area contributed by atoms with Gasteiger partial charge in [-0.2, -0.15) is 0 Å². The SMILES string of the molecule is CCCCCCCCCCC(O)C(COP(=O)(O)OC1C(O)C(O)C(O)C(O)C1O)NC(=O)CC(O)CCCCCCCCC. The lowest BCUT2D eigenvalue weighted by atomic mass is 9.85. The van der Waals surface area contributed by atoms with Crippen molar-refractivity contribution >= 4 is 13.7 Å². The van der Waals surface area contributed by atoms with Crippen LogP contribution in [-0.4, -0.2) is 108 Å². The first-order valence-corrected chi connectivity index (χ1v) is 18.6. The second-order valence-electron chi connectivity index (χ2n) is 12.6. The Kier molecular flexibility index (Phi) is 22.2. The van der Waals surface area contributed by atoms with E-state index in [-0.39, 0.29) is 12.8 Å². The Morgan fingerprint density at radius 3 is 1.60 bits per heavy atom. The smallest absolute Gasteiger partial charge is 0.393 e. The first-order valence-electron chi connectivity index (χ1n) is 17.1. The van der Waals surface area contributed by atoms with Gasteiger partial charge in [-0.1, -0.05) is 110 Å². The quantitative estimate of drug-likeness (QED) is 0.0478. The summed E-state index contributed by atoms with van der Waals surface area (Å²) in [5.74, 6) is -0.568. The van der Waals surface area contributed by atoms with E-state index in [1.165, 1.54) is 32.1 Å². The van der Waals surface area contributed by atoms with Crippen LogP contribution in [0.3, 0.4) is 0 Å². The predicted molar refractivity (Wildman–Crippen MR) is 169 cm³/mol. The Morgan fingerprint density at radius 1 is 0.689 bits per heavy atom. The number of aliphatic hydroxyl groups excluding tert-OH is 7. The van der Waals surface area contributed by atoms with Gasteiger partial charge in [0.05, 0.1) is 31.3 Å². The molecular weight excluding hydrogens is 609 g/mol. The third-order valence-electron chi connectivity index (χ3n) is 8.47. The van der Waals surface area contributed by atoms with E-state index in [2.05, 4.69) is 19.2 Å². The van der Waals surface area contributed by atoms with Crippen LogP contribution < -0.4 is 5.32 Å². The minimum absolute atomic E-state index is 0.220. The summed E-state index contributed by atoms with van der Waals surface area (Å²) in [6.45, 7) is 3.63. The fourth-order valence-corrected chi connectivity index (χ4v) is 6.50. The number of carbonyl (C=O) groups excluding carboxylic acids is 1. The van der Waals surface area contributed by atoms with Crippen molar-refractivity contribution in [3.05, 3.63) is 0 Å². The molecule has 0 heterocycles. The highest BCUT2D eigenvalue weighted by Crippen LogP contribution is 2.47. The van der Waals surface area contributed by atoms with Crippen LogP contribution in [0.15, 0.2) is 0 Å². The summed E-state index contributed by atoms with van der Waals surface area (Å²) in [5.41, 5.74) is 0. The lowest BCUT2D eigenvalue weighted by Gasteiger charge is -2.41. The monoisotopic (exact) mass is 671 g/mol. The Labute approximate surface area is 269 Å². The minimum Gasteiger partial charge on any atom is -0.393 e. The fraction of sp³-hybridized carbons (Fsp3) is 0.968. The lowest BCUT2D eigenvalue weighted by Crippen LogP contribution is -2.64. The molecule has 8 atom stereocenters. The van der Waals surface area contributed by atoms with E-state index >= 15 is 0 Å². The van der Waals surface area contributed by atoms with Crippen molar-refractivity contribution < 1.29 is 59.0 Å². The van der Waals surface area contributed by atoms with Gasteiger partial charge in [-0.05, 0) is 12.8 Å². The molecule has 1 aliphatic rings. The van der Waals surface area contributed by atoms with Gasteiger partial charge < -0.3 is 46.0 Å². The van der Waals surface area contributed by atoms with E-state index in [1.54, 1.807) is 0 Å². The maximum atomic E-state index is 12.8. The second-order valence-corrected chi connectivity index (χ2v) is 14.0. The summed E-state index contributed by atoms with van der Waals surface area (Å²) in [7, 11) is -5.09. The van der Waals surface area contributed by atoms with E-state index in [0.29, 0.717) is 12.8 Å². The number of aliphatic hydroxyl groups is 7. The molecule has 1 fully saturated rings. The van der Waals surface area contributed by atoms with Crippen LogP contribution in [-0.2, 0) is 18.4 Å². The molecule has 0 aliphatic heterocycles. The molecule has 0 aromatic rings. The number of carbonyl (C=O) groups is 1. The third-order valence-corrected chi connectivity index (χ3v) is 9.46. The molecular formula is C31H62NO12P. The molecule has 0 saturated heterocycles. The van der Waals surface area contributed by atoms with Gasteiger partial charge in [0.2, 0.25) is 5.91 Å². The minimum atomic E-state index is -5.09. The molecule has 1 saturated carbocycles. The standard InChI is InChI=1S/C31H62NO12P/c1-3-5-7-9-11-13-15-17-19-24(34)23(32-25(35)20-22(33)18-16-14-12-10-8-6-4-2)21-43-45(41,42)44-31-29(39)27(37)26(36)28(38)30(31)40/h22-24,26-31,33-34,36-40H,3-21H2,1-2H3,(H,32,35)(H,41,42). The largest absolute Gasteiger partial charge is 0.472 e. The Balaban J connectivity index is 2.71. The van der Waals surface area contributed by atoms with Gasteiger partial charge in [0.15, 0.2) is 0 Å². The molecule has 0 aromatic carbocycles. The van der Waals surface area contributed by atoms with Crippen molar-refractivity contribution in [1.29, 1.82) is 0 Å². The van der Waals surface area contributed by atoms with Gasteiger partial charge in [0.25, 0.3) is 0 Å². The maximum Gasteiger partial charge on any atom is 0.472 e. The van der Waals surface area contributed by atoms with E-state index in [1.807, 2.05) is 0 Å². The first kappa shape index (κ1) is 42.3. The number of phosphoric acid groups is 1. The van der Waals surface area contributed by atoms with Crippen molar-refractivity contribution in [3.63, 3.8) is 0 Å². The van der Waals surface area contributed by atoms with E-state index in [4.69, 9.17) is 9.05 Å². The lowest BCUT2D eigenvalue weighted by molar-refractivity contribution is -0.220. The van der Waals surface area contributed by atoms with Crippen LogP contribution in [0.5, 0.6) is 0 Å². The molecule has 13 nitrogen and oxygen atoms in total. The zero-order chi connectivity index (χ0) is 33.8. The normalized spacial score (nSPS) is 27.1. The summed E-state index contributed by atoms with van der Waals surface area (Å²) in [5, 5.41) is 73.6.